The zero-order chi connectivity index (χ0) is 22.5. The van der Waals surface area contributed by atoms with E-state index in [1.165, 1.54) is 7.11 Å². The fraction of sp³-hybridized carbons (Fsp3) is 0.333. The fourth-order valence-electron chi connectivity index (χ4n) is 2.46. The van der Waals surface area contributed by atoms with Gasteiger partial charge in [0.05, 0.1) is 25.1 Å². The summed E-state index contributed by atoms with van der Waals surface area (Å²) in [5.41, 5.74) is -5.32. The summed E-state index contributed by atoms with van der Waals surface area (Å²) in [6.07, 6.45) is -9.03. The third-order valence-electron chi connectivity index (χ3n) is 3.86. The molecule has 0 saturated heterocycles. The van der Waals surface area contributed by atoms with Gasteiger partial charge in [-0.05, 0) is 0 Å². The predicted octanol–water partition coefficient (Wildman–Crippen LogP) is 3.18. The van der Waals surface area contributed by atoms with Crippen LogP contribution in [0.2, 0.25) is 0 Å². The molecule has 0 aliphatic rings. The van der Waals surface area contributed by atoms with Gasteiger partial charge in [-0.3, -0.25) is 9.48 Å². The lowest BCUT2D eigenvalue weighted by molar-refractivity contribution is -0.287. The maximum absolute atomic E-state index is 13.5. The summed E-state index contributed by atoms with van der Waals surface area (Å²) in [4.78, 5) is 15.9. The van der Waals surface area contributed by atoms with E-state index in [1.807, 2.05) is 0 Å². The zero-order valence-corrected chi connectivity index (χ0v) is 14.6. The Hall–Kier alpha value is -3.26. The Bertz CT molecular complexity index is 1150. The molecule has 30 heavy (non-hydrogen) atoms. The zero-order valence-electron chi connectivity index (χ0n) is 14.6. The van der Waals surface area contributed by atoms with E-state index in [4.69, 9.17) is 4.74 Å². The minimum Gasteiger partial charge on any atom is -0.495 e. The molecule has 0 N–H and O–H groups in total. The molecular formula is C15H9F8N5O2. The van der Waals surface area contributed by atoms with Gasteiger partial charge in [0.1, 0.15) is 12.3 Å². The first-order valence-corrected chi connectivity index (χ1v) is 7.76. The van der Waals surface area contributed by atoms with Gasteiger partial charge in [0.2, 0.25) is 0 Å². The van der Waals surface area contributed by atoms with Crippen LogP contribution in [0, 0.1) is 0 Å². The van der Waals surface area contributed by atoms with Gasteiger partial charge >= 0.3 is 18.3 Å². The van der Waals surface area contributed by atoms with Gasteiger partial charge in [-0.25, -0.2) is 4.98 Å². The number of ether oxygens (including phenoxy) is 1. The van der Waals surface area contributed by atoms with Crippen LogP contribution in [0.3, 0.4) is 0 Å². The Morgan fingerprint density at radius 1 is 1.03 bits per heavy atom. The SMILES string of the molecule is COc1cnn2c(=O)c(-c3cnn(CC(F)(F)C(F)(F)F)c3)c(C(F)(F)F)nc2c1. The Kier molecular flexibility index (Phi) is 4.94. The molecule has 0 saturated carbocycles. The molecule has 15 heteroatoms. The summed E-state index contributed by atoms with van der Waals surface area (Å²) in [5.74, 6) is -5.19. The highest BCUT2D eigenvalue weighted by Crippen LogP contribution is 2.37. The third kappa shape index (κ3) is 3.78. The third-order valence-corrected chi connectivity index (χ3v) is 3.86. The maximum Gasteiger partial charge on any atom is 0.455 e. The standard InChI is InChI=1S/C15H9F8N5O2/c1-30-8-2-9-26-11(14(18,19)20)10(12(29)28(9)25-4-8)7-3-24-27(5-7)6-13(16,17)15(21,22)23/h2-5H,6H2,1H3. The van der Waals surface area contributed by atoms with E-state index in [-0.39, 0.29) is 10.4 Å². The van der Waals surface area contributed by atoms with Gasteiger partial charge in [-0.15, -0.1) is 0 Å². The Morgan fingerprint density at radius 3 is 2.27 bits per heavy atom. The number of halogens is 8. The molecule has 3 aromatic rings. The quantitative estimate of drug-likeness (QED) is 0.580. The Labute approximate surface area is 160 Å². The van der Waals surface area contributed by atoms with Crippen LogP contribution < -0.4 is 10.3 Å². The number of nitrogens with zero attached hydrogens (tertiary/aromatic N) is 5. The van der Waals surface area contributed by atoms with Crippen LogP contribution in [0.5, 0.6) is 5.75 Å². The number of fused-ring (bicyclic) bond motifs is 1. The van der Waals surface area contributed by atoms with Crippen molar-refractivity contribution >= 4 is 5.65 Å². The summed E-state index contributed by atoms with van der Waals surface area (Å²) >= 11 is 0. The van der Waals surface area contributed by atoms with Gasteiger partial charge in [-0.1, -0.05) is 0 Å². The van der Waals surface area contributed by atoms with E-state index < -0.39 is 52.8 Å². The van der Waals surface area contributed by atoms with Gasteiger partial charge < -0.3 is 4.74 Å². The summed E-state index contributed by atoms with van der Waals surface area (Å²) < 4.78 is 109. The number of methoxy groups -OCH3 is 1. The smallest absolute Gasteiger partial charge is 0.455 e. The minimum absolute atomic E-state index is 0.00461. The predicted molar refractivity (Wildman–Crippen MR) is 83.0 cm³/mol. The van der Waals surface area contributed by atoms with Crippen molar-refractivity contribution in [2.75, 3.05) is 7.11 Å². The summed E-state index contributed by atoms with van der Waals surface area (Å²) in [6.45, 7) is -1.99. The number of rotatable bonds is 4. The summed E-state index contributed by atoms with van der Waals surface area (Å²) in [6, 6.07) is 1.00. The molecule has 162 valence electrons. The molecule has 0 bridgehead atoms. The van der Waals surface area contributed by atoms with E-state index in [9.17, 15) is 39.9 Å². The summed E-state index contributed by atoms with van der Waals surface area (Å²) in [5, 5.41) is 6.83. The van der Waals surface area contributed by atoms with Gasteiger partial charge in [-0.2, -0.15) is 49.8 Å². The van der Waals surface area contributed by atoms with Crippen LogP contribution in [0.1, 0.15) is 5.69 Å². The largest absolute Gasteiger partial charge is 0.495 e. The van der Waals surface area contributed by atoms with Crippen molar-refractivity contribution < 1.29 is 39.9 Å². The normalized spacial score (nSPS) is 13.1. The maximum atomic E-state index is 13.5. The number of hydrogen-bond acceptors (Lipinski definition) is 5. The molecule has 7 nitrogen and oxygen atoms in total. The molecule has 0 spiro atoms. The van der Waals surface area contributed by atoms with Crippen molar-refractivity contribution in [3.63, 3.8) is 0 Å². The lowest BCUT2D eigenvalue weighted by atomic mass is 10.1. The van der Waals surface area contributed by atoms with Crippen LogP contribution in [-0.4, -0.2) is 43.6 Å². The molecule has 3 heterocycles. The highest BCUT2D eigenvalue weighted by molar-refractivity contribution is 5.66. The van der Waals surface area contributed by atoms with Crippen LogP contribution in [0.4, 0.5) is 35.1 Å². The van der Waals surface area contributed by atoms with Crippen molar-refractivity contribution in [2.24, 2.45) is 0 Å². The van der Waals surface area contributed by atoms with Gasteiger partial charge in [0.15, 0.2) is 11.3 Å². The van der Waals surface area contributed by atoms with Crippen molar-refractivity contribution in [1.82, 2.24) is 24.4 Å². The first-order chi connectivity index (χ1) is 13.7. The first-order valence-electron chi connectivity index (χ1n) is 7.76. The fourth-order valence-corrected chi connectivity index (χ4v) is 2.46. The Morgan fingerprint density at radius 2 is 1.70 bits per heavy atom. The van der Waals surface area contributed by atoms with Crippen molar-refractivity contribution in [3.05, 3.63) is 40.7 Å². The molecule has 0 atom stereocenters. The van der Waals surface area contributed by atoms with E-state index in [0.29, 0.717) is 16.9 Å². The molecule has 0 aliphatic carbocycles. The first kappa shape index (κ1) is 21.4. The van der Waals surface area contributed by atoms with Crippen LogP contribution in [-0.2, 0) is 12.7 Å². The molecule has 3 rings (SSSR count). The van der Waals surface area contributed by atoms with E-state index in [2.05, 4.69) is 15.2 Å². The van der Waals surface area contributed by atoms with Crippen LogP contribution >= 0.6 is 0 Å². The number of aromatic nitrogens is 5. The second-order valence-electron chi connectivity index (χ2n) is 5.93. The lowest BCUT2D eigenvalue weighted by Gasteiger charge is -2.19. The van der Waals surface area contributed by atoms with Crippen LogP contribution in [0.25, 0.3) is 16.8 Å². The topological polar surface area (TPSA) is 74.3 Å². The monoisotopic (exact) mass is 443 g/mol. The van der Waals surface area contributed by atoms with Crippen molar-refractivity contribution in [2.45, 2.75) is 24.8 Å². The second kappa shape index (κ2) is 6.91. The summed E-state index contributed by atoms with van der Waals surface area (Å²) in [7, 11) is 1.20. The number of alkyl halides is 8. The lowest BCUT2D eigenvalue weighted by Crippen LogP contribution is -2.40. The molecular weight excluding hydrogens is 434 g/mol. The minimum atomic E-state index is -5.90. The van der Waals surface area contributed by atoms with Gasteiger partial charge in [0, 0.05) is 17.8 Å². The molecule has 0 fully saturated rings. The van der Waals surface area contributed by atoms with E-state index in [1.54, 1.807) is 0 Å². The average molecular weight is 443 g/mol. The molecule has 0 aliphatic heterocycles. The molecule has 0 radical (unpaired) electrons. The molecule has 0 amide bonds. The molecule has 0 unspecified atom stereocenters. The number of hydrogen-bond donors (Lipinski definition) is 0. The van der Waals surface area contributed by atoms with Gasteiger partial charge in [0.25, 0.3) is 5.56 Å². The highest BCUT2D eigenvalue weighted by atomic mass is 19.4. The molecule has 3 aromatic heterocycles. The van der Waals surface area contributed by atoms with E-state index in [0.717, 1.165) is 12.3 Å². The van der Waals surface area contributed by atoms with Crippen molar-refractivity contribution in [3.8, 4) is 16.9 Å². The van der Waals surface area contributed by atoms with E-state index >= 15 is 0 Å². The van der Waals surface area contributed by atoms with Crippen molar-refractivity contribution in [1.29, 1.82) is 0 Å². The molecule has 0 aromatic carbocycles. The van der Waals surface area contributed by atoms with Crippen LogP contribution in [0.15, 0.2) is 29.5 Å². The highest BCUT2D eigenvalue weighted by Gasteiger charge is 2.57. The average Bonchev–Trinajstić information content (AvgIpc) is 3.06. The Balaban J connectivity index is 2.18. The second-order valence-corrected chi connectivity index (χ2v) is 5.93.